The van der Waals surface area contributed by atoms with Crippen LogP contribution >= 0.6 is 12.2 Å². The van der Waals surface area contributed by atoms with Crippen molar-refractivity contribution in [1.29, 1.82) is 0 Å². The number of aromatic nitrogens is 2. The lowest BCUT2D eigenvalue weighted by molar-refractivity contribution is 0.434. The number of hydrogen-bond acceptors (Lipinski definition) is 5. The van der Waals surface area contributed by atoms with Gasteiger partial charge in [0.2, 0.25) is 5.95 Å². The van der Waals surface area contributed by atoms with Crippen LogP contribution < -0.4 is 20.4 Å². The molecule has 0 unspecified atom stereocenters. The Labute approximate surface area is 220 Å². The molecular weight excluding hydrogens is 471 g/mol. The predicted octanol–water partition coefficient (Wildman–Crippen LogP) is 5.78. The lowest BCUT2D eigenvalue weighted by Crippen LogP contribution is -2.41. The zero-order valence-electron chi connectivity index (χ0n) is 21.4. The Balaban J connectivity index is 1.32. The molecule has 0 bridgehead atoms. The summed E-state index contributed by atoms with van der Waals surface area (Å²) >= 11 is 5.72. The normalized spacial score (nSPS) is 21.9. The van der Waals surface area contributed by atoms with Gasteiger partial charge in [-0.3, -0.25) is 0 Å². The third kappa shape index (κ3) is 5.74. The third-order valence-corrected chi connectivity index (χ3v) is 8.55. The number of halogens is 1. The number of benzene rings is 1. The van der Waals surface area contributed by atoms with E-state index in [1.165, 1.54) is 56.9 Å². The van der Waals surface area contributed by atoms with E-state index < -0.39 is 0 Å². The highest BCUT2D eigenvalue weighted by atomic mass is 32.1. The van der Waals surface area contributed by atoms with Gasteiger partial charge in [0.15, 0.2) is 5.11 Å². The van der Waals surface area contributed by atoms with E-state index in [0.717, 1.165) is 44.1 Å². The fourth-order valence-electron chi connectivity index (χ4n) is 6.17. The number of rotatable bonds is 6. The maximum atomic E-state index is 13.5. The molecule has 2 N–H and O–H groups in total. The van der Waals surface area contributed by atoms with Crippen molar-refractivity contribution in [3.05, 3.63) is 41.7 Å². The van der Waals surface area contributed by atoms with Crippen molar-refractivity contribution in [1.82, 2.24) is 15.3 Å². The van der Waals surface area contributed by atoms with Crippen LogP contribution in [0.25, 0.3) is 0 Å². The topological polar surface area (TPSA) is 56.3 Å². The van der Waals surface area contributed by atoms with Crippen molar-refractivity contribution < 1.29 is 4.39 Å². The molecule has 3 heterocycles. The first-order chi connectivity index (χ1) is 17.5. The van der Waals surface area contributed by atoms with Gasteiger partial charge in [-0.05, 0) is 88.2 Å². The second-order valence-corrected chi connectivity index (χ2v) is 11.2. The van der Waals surface area contributed by atoms with Crippen molar-refractivity contribution >= 4 is 34.9 Å². The van der Waals surface area contributed by atoms with Crippen molar-refractivity contribution in [2.24, 2.45) is 0 Å². The van der Waals surface area contributed by atoms with E-state index in [1.54, 1.807) is 12.1 Å². The van der Waals surface area contributed by atoms with Crippen molar-refractivity contribution in [3.63, 3.8) is 0 Å². The van der Waals surface area contributed by atoms with Gasteiger partial charge in [0.25, 0.3) is 0 Å². The maximum Gasteiger partial charge on any atom is 0.232 e. The summed E-state index contributed by atoms with van der Waals surface area (Å²) in [6.45, 7) is 6.10. The molecule has 194 valence electrons. The SMILES string of the molecule is C[C@H]1CCCCN1c1cc(N2CCCCC2)nc(NC(=S)NCC2(c3ccc(F)cc3)CCCC2)n1. The van der Waals surface area contributed by atoms with Gasteiger partial charge in [-0.25, -0.2) is 4.39 Å². The van der Waals surface area contributed by atoms with Gasteiger partial charge in [-0.1, -0.05) is 25.0 Å². The number of nitrogens with zero attached hydrogens (tertiary/aromatic N) is 4. The summed E-state index contributed by atoms with van der Waals surface area (Å²) in [7, 11) is 0. The van der Waals surface area contributed by atoms with Crippen molar-refractivity contribution in [2.75, 3.05) is 41.3 Å². The van der Waals surface area contributed by atoms with Gasteiger partial charge in [-0.2, -0.15) is 9.97 Å². The van der Waals surface area contributed by atoms with Gasteiger partial charge in [-0.15, -0.1) is 0 Å². The van der Waals surface area contributed by atoms with E-state index in [9.17, 15) is 4.39 Å². The zero-order valence-corrected chi connectivity index (χ0v) is 22.3. The minimum atomic E-state index is -0.193. The second kappa shape index (κ2) is 11.3. The zero-order chi connectivity index (χ0) is 25.0. The second-order valence-electron chi connectivity index (χ2n) is 10.8. The molecule has 2 aliphatic heterocycles. The molecule has 36 heavy (non-hydrogen) atoms. The highest BCUT2D eigenvalue weighted by molar-refractivity contribution is 7.80. The minimum Gasteiger partial charge on any atom is -0.361 e. The number of hydrogen-bond donors (Lipinski definition) is 2. The van der Waals surface area contributed by atoms with E-state index in [4.69, 9.17) is 22.2 Å². The first-order valence-electron chi connectivity index (χ1n) is 13.7. The summed E-state index contributed by atoms with van der Waals surface area (Å²) in [5.41, 5.74) is 1.16. The highest BCUT2D eigenvalue weighted by Gasteiger charge is 2.35. The fraction of sp³-hybridized carbons (Fsp3) is 0.607. The predicted molar refractivity (Wildman–Crippen MR) is 150 cm³/mol. The van der Waals surface area contributed by atoms with Crippen LogP contribution in [0.2, 0.25) is 0 Å². The Morgan fingerprint density at radius 3 is 2.39 bits per heavy atom. The highest BCUT2D eigenvalue weighted by Crippen LogP contribution is 2.40. The Morgan fingerprint density at radius 1 is 0.972 bits per heavy atom. The van der Waals surface area contributed by atoms with Crippen LogP contribution in [-0.4, -0.2) is 47.3 Å². The molecule has 8 heteroatoms. The van der Waals surface area contributed by atoms with Crippen LogP contribution in [-0.2, 0) is 5.41 Å². The van der Waals surface area contributed by atoms with Crippen LogP contribution in [0.1, 0.15) is 76.7 Å². The van der Waals surface area contributed by atoms with Crippen LogP contribution in [0.15, 0.2) is 30.3 Å². The van der Waals surface area contributed by atoms with E-state index in [-0.39, 0.29) is 11.2 Å². The molecular formula is C28H39FN6S. The molecule has 1 aromatic heterocycles. The monoisotopic (exact) mass is 510 g/mol. The number of anilines is 3. The Morgan fingerprint density at radius 2 is 1.67 bits per heavy atom. The van der Waals surface area contributed by atoms with Crippen LogP contribution in [0.3, 0.4) is 0 Å². The lowest BCUT2D eigenvalue weighted by Gasteiger charge is -2.35. The van der Waals surface area contributed by atoms with E-state index in [1.807, 2.05) is 12.1 Å². The Kier molecular flexibility index (Phi) is 7.89. The van der Waals surface area contributed by atoms with Gasteiger partial charge < -0.3 is 20.4 Å². The standard InChI is InChI=1S/C28H39FN6S/c1-21-9-3-8-18-35(21)25-19-24(34-16-6-2-7-17-34)31-26(32-25)33-27(36)30-20-28(14-4-5-15-28)22-10-12-23(29)13-11-22/h10-13,19,21H,2-9,14-18,20H2,1H3,(H2,30,31,32,33,36)/t21-/m0/s1. The van der Waals surface area contributed by atoms with E-state index in [0.29, 0.717) is 23.6 Å². The van der Waals surface area contributed by atoms with Gasteiger partial charge in [0, 0.05) is 43.7 Å². The van der Waals surface area contributed by atoms with Crippen molar-refractivity contribution in [3.8, 4) is 0 Å². The Hall–Kier alpha value is -2.48. The quantitative estimate of drug-likeness (QED) is 0.478. The number of nitrogens with one attached hydrogen (secondary N) is 2. The summed E-state index contributed by atoms with van der Waals surface area (Å²) in [4.78, 5) is 14.6. The third-order valence-electron chi connectivity index (χ3n) is 8.31. The molecule has 2 aromatic rings. The smallest absolute Gasteiger partial charge is 0.232 e. The molecule has 3 fully saturated rings. The molecule has 5 rings (SSSR count). The van der Waals surface area contributed by atoms with Crippen LogP contribution in [0.5, 0.6) is 0 Å². The Bertz CT molecular complexity index is 1030. The molecule has 1 aromatic carbocycles. The van der Waals surface area contributed by atoms with Gasteiger partial charge in [0.05, 0.1) is 0 Å². The summed E-state index contributed by atoms with van der Waals surface area (Å²) < 4.78 is 13.5. The average Bonchev–Trinajstić information content (AvgIpc) is 3.39. The van der Waals surface area contributed by atoms with Gasteiger partial charge in [0.1, 0.15) is 17.5 Å². The summed E-state index contributed by atoms with van der Waals surface area (Å²) in [6, 6.07) is 9.62. The van der Waals surface area contributed by atoms with E-state index >= 15 is 0 Å². The molecule has 1 atom stereocenters. The molecule has 1 saturated carbocycles. The molecule has 6 nitrogen and oxygen atoms in total. The van der Waals surface area contributed by atoms with Crippen LogP contribution in [0.4, 0.5) is 22.0 Å². The first kappa shape index (κ1) is 25.2. The summed E-state index contributed by atoms with van der Waals surface area (Å²) in [6.07, 6.45) is 11.9. The summed E-state index contributed by atoms with van der Waals surface area (Å²) in [5, 5.41) is 7.29. The maximum absolute atomic E-state index is 13.5. The van der Waals surface area contributed by atoms with Crippen molar-refractivity contribution in [2.45, 2.75) is 82.6 Å². The number of thiocarbonyl (C=S) groups is 1. The first-order valence-corrected chi connectivity index (χ1v) is 14.1. The van der Waals surface area contributed by atoms with Crippen LogP contribution in [0, 0.1) is 5.82 Å². The van der Waals surface area contributed by atoms with E-state index in [2.05, 4.69) is 33.4 Å². The molecule has 0 radical (unpaired) electrons. The molecule has 0 spiro atoms. The molecule has 1 aliphatic carbocycles. The minimum absolute atomic E-state index is 0.0235. The molecule has 3 aliphatic rings. The lowest BCUT2D eigenvalue weighted by atomic mass is 9.79. The largest absolute Gasteiger partial charge is 0.361 e. The number of piperidine rings is 2. The fourth-order valence-corrected chi connectivity index (χ4v) is 6.33. The average molecular weight is 511 g/mol. The molecule has 0 amide bonds. The molecule has 2 saturated heterocycles. The summed E-state index contributed by atoms with van der Waals surface area (Å²) in [5.74, 6) is 2.34. The van der Waals surface area contributed by atoms with Gasteiger partial charge >= 0.3 is 0 Å².